The van der Waals surface area contributed by atoms with Gasteiger partial charge in [0.25, 0.3) is 0 Å². The highest BCUT2D eigenvalue weighted by Crippen LogP contribution is 2.25. The molecule has 1 aromatic heterocycles. The van der Waals surface area contributed by atoms with E-state index in [0.29, 0.717) is 6.61 Å². The van der Waals surface area contributed by atoms with Crippen molar-refractivity contribution in [1.82, 2.24) is 9.55 Å². The van der Waals surface area contributed by atoms with Gasteiger partial charge in [0.15, 0.2) is 0 Å². The highest BCUT2D eigenvalue weighted by Gasteiger charge is 2.16. The fourth-order valence-corrected chi connectivity index (χ4v) is 2.14. The number of carbonyl (C=O) groups is 1. The van der Waals surface area contributed by atoms with Gasteiger partial charge in [-0.15, -0.1) is 0 Å². The largest absolute Gasteiger partial charge is 0.444 e. The van der Waals surface area contributed by atoms with Gasteiger partial charge in [-0.25, -0.2) is 9.78 Å². The van der Waals surface area contributed by atoms with E-state index in [0.717, 1.165) is 28.5 Å². The van der Waals surface area contributed by atoms with E-state index in [4.69, 9.17) is 4.74 Å². The van der Waals surface area contributed by atoms with Crippen molar-refractivity contribution in [3.05, 3.63) is 41.5 Å². The molecule has 0 fully saturated rings. The first-order valence-corrected chi connectivity index (χ1v) is 5.73. The maximum absolute atomic E-state index is 11.1. The van der Waals surface area contributed by atoms with Crippen molar-refractivity contribution in [3.8, 4) is 5.69 Å². The minimum absolute atomic E-state index is 0.307. The Morgan fingerprint density at radius 1 is 1.39 bits per heavy atom. The number of carbonyl (C=O) groups excluding carboxylic acids is 1. The lowest BCUT2D eigenvalue weighted by Crippen LogP contribution is -2.20. The maximum atomic E-state index is 11.1. The van der Waals surface area contributed by atoms with Crippen molar-refractivity contribution < 1.29 is 9.53 Å². The first-order chi connectivity index (χ1) is 8.63. The smallest absolute Gasteiger partial charge is 0.411 e. The minimum atomic E-state index is -0.398. The summed E-state index contributed by atoms with van der Waals surface area (Å²) in [6, 6.07) is 5.85. The second-order valence-electron chi connectivity index (χ2n) is 4.34. The Hall–Kier alpha value is -2.30. The number of aromatic nitrogens is 2. The van der Waals surface area contributed by atoms with Crippen LogP contribution >= 0.6 is 0 Å². The van der Waals surface area contributed by atoms with E-state index in [9.17, 15) is 4.79 Å². The van der Waals surface area contributed by atoms with Gasteiger partial charge >= 0.3 is 6.09 Å². The summed E-state index contributed by atoms with van der Waals surface area (Å²) in [4.78, 5) is 15.5. The average Bonchev–Trinajstić information content (AvgIpc) is 2.68. The Balaban J connectivity index is 2.05. The molecule has 0 saturated carbocycles. The van der Waals surface area contributed by atoms with E-state index in [1.165, 1.54) is 0 Å². The summed E-state index contributed by atoms with van der Waals surface area (Å²) >= 11 is 0. The number of ether oxygens (including phenoxy) is 1. The van der Waals surface area contributed by atoms with Crippen molar-refractivity contribution in [2.75, 3.05) is 5.32 Å². The Bertz CT molecular complexity index is 631. The zero-order chi connectivity index (χ0) is 12.7. The Morgan fingerprint density at radius 2 is 2.22 bits per heavy atom. The van der Waals surface area contributed by atoms with Crippen LogP contribution in [0.25, 0.3) is 5.69 Å². The molecule has 0 aliphatic carbocycles. The molecule has 0 unspecified atom stereocenters. The number of hydrogen-bond donors (Lipinski definition) is 1. The number of fused-ring (bicyclic) bond motifs is 1. The number of hydrogen-bond acceptors (Lipinski definition) is 3. The molecule has 1 N–H and O–H groups in total. The standard InChI is InChI=1S/C13H13N3O2/c1-8-6-16(9(2)14-8)11-3-4-12-10(5-11)7-18-13(17)15-12/h3-6H,7H2,1-2H3,(H,15,17). The number of benzene rings is 1. The van der Waals surface area contributed by atoms with E-state index in [2.05, 4.69) is 10.3 Å². The summed E-state index contributed by atoms with van der Waals surface area (Å²) in [5, 5.41) is 2.67. The van der Waals surface area contributed by atoms with Crippen LogP contribution in [0.1, 0.15) is 17.1 Å². The molecule has 1 aromatic carbocycles. The number of imidazole rings is 1. The van der Waals surface area contributed by atoms with Crippen molar-refractivity contribution in [2.45, 2.75) is 20.5 Å². The molecule has 1 aliphatic rings. The van der Waals surface area contributed by atoms with Crippen LogP contribution in [0.4, 0.5) is 10.5 Å². The monoisotopic (exact) mass is 243 g/mol. The van der Waals surface area contributed by atoms with Crippen molar-refractivity contribution >= 4 is 11.8 Å². The fraction of sp³-hybridized carbons (Fsp3) is 0.231. The first kappa shape index (κ1) is 10.8. The van der Waals surface area contributed by atoms with Gasteiger partial charge < -0.3 is 9.30 Å². The van der Waals surface area contributed by atoms with Gasteiger partial charge in [-0.2, -0.15) is 0 Å². The topological polar surface area (TPSA) is 56.1 Å². The quantitative estimate of drug-likeness (QED) is 0.837. The van der Waals surface area contributed by atoms with E-state index in [1.807, 2.05) is 42.8 Å². The molecule has 0 radical (unpaired) electrons. The molecule has 0 saturated heterocycles. The van der Waals surface area contributed by atoms with Crippen LogP contribution in [0.3, 0.4) is 0 Å². The third-order valence-corrected chi connectivity index (χ3v) is 2.97. The summed E-state index contributed by atoms with van der Waals surface area (Å²) in [6.07, 6.45) is 1.59. The molecule has 5 nitrogen and oxygen atoms in total. The highest BCUT2D eigenvalue weighted by atomic mass is 16.5. The normalized spacial score (nSPS) is 13.8. The first-order valence-electron chi connectivity index (χ1n) is 5.73. The number of cyclic esters (lactones) is 1. The zero-order valence-corrected chi connectivity index (χ0v) is 10.2. The van der Waals surface area contributed by atoms with Crippen LogP contribution < -0.4 is 5.32 Å². The van der Waals surface area contributed by atoms with Gasteiger partial charge in [0.05, 0.1) is 11.4 Å². The number of nitrogens with one attached hydrogen (secondary N) is 1. The van der Waals surface area contributed by atoms with E-state index in [1.54, 1.807) is 0 Å². The molecule has 0 spiro atoms. The molecular weight excluding hydrogens is 230 g/mol. The lowest BCUT2D eigenvalue weighted by Gasteiger charge is -2.18. The van der Waals surface area contributed by atoms with Gasteiger partial charge in [-0.3, -0.25) is 5.32 Å². The van der Waals surface area contributed by atoms with E-state index >= 15 is 0 Å². The molecular formula is C13H13N3O2. The van der Waals surface area contributed by atoms with Crippen LogP contribution in [-0.4, -0.2) is 15.6 Å². The summed E-state index contributed by atoms with van der Waals surface area (Å²) in [5.41, 5.74) is 3.78. The Morgan fingerprint density at radius 3 is 2.94 bits per heavy atom. The second-order valence-corrected chi connectivity index (χ2v) is 4.34. The predicted octanol–water partition coefficient (Wildman–Crippen LogP) is 2.55. The molecule has 5 heteroatoms. The number of rotatable bonds is 1. The van der Waals surface area contributed by atoms with Gasteiger partial charge in [0.2, 0.25) is 0 Å². The Labute approximate surface area is 104 Å². The molecule has 2 heterocycles. The maximum Gasteiger partial charge on any atom is 0.411 e. The summed E-state index contributed by atoms with van der Waals surface area (Å²) < 4.78 is 6.98. The van der Waals surface area contributed by atoms with Crippen LogP contribution in [-0.2, 0) is 11.3 Å². The lowest BCUT2D eigenvalue weighted by molar-refractivity contribution is 0.151. The van der Waals surface area contributed by atoms with Crippen LogP contribution in [0.2, 0.25) is 0 Å². The summed E-state index contributed by atoms with van der Waals surface area (Å²) in [7, 11) is 0. The molecule has 2 aromatic rings. The second kappa shape index (κ2) is 3.87. The van der Waals surface area contributed by atoms with Gasteiger partial charge in [-0.05, 0) is 32.0 Å². The third-order valence-electron chi connectivity index (χ3n) is 2.97. The van der Waals surface area contributed by atoms with Crippen molar-refractivity contribution in [1.29, 1.82) is 0 Å². The van der Waals surface area contributed by atoms with Gasteiger partial charge in [-0.1, -0.05) is 0 Å². The summed E-state index contributed by atoms with van der Waals surface area (Å²) in [5.74, 6) is 0.938. The highest BCUT2D eigenvalue weighted by molar-refractivity contribution is 5.87. The minimum Gasteiger partial charge on any atom is -0.444 e. The molecule has 0 atom stereocenters. The van der Waals surface area contributed by atoms with Gasteiger partial charge in [0.1, 0.15) is 12.4 Å². The molecule has 1 amide bonds. The molecule has 1 aliphatic heterocycles. The number of nitrogens with zero attached hydrogens (tertiary/aromatic N) is 2. The Kier molecular flexibility index (Phi) is 2.33. The average molecular weight is 243 g/mol. The van der Waals surface area contributed by atoms with Crippen LogP contribution in [0, 0.1) is 13.8 Å². The molecule has 3 rings (SSSR count). The van der Waals surface area contributed by atoms with Crippen molar-refractivity contribution in [2.24, 2.45) is 0 Å². The van der Waals surface area contributed by atoms with E-state index in [-0.39, 0.29) is 0 Å². The van der Waals surface area contributed by atoms with Crippen LogP contribution in [0.5, 0.6) is 0 Å². The molecule has 92 valence electrons. The van der Waals surface area contributed by atoms with Gasteiger partial charge in [0, 0.05) is 17.4 Å². The third kappa shape index (κ3) is 1.73. The number of aryl methyl sites for hydroxylation is 2. The zero-order valence-electron chi connectivity index (χ0n) is 10.2. The van der Waals surface area contributed by atoms with Crippen molar-refractivity contribution in [3.63, 3.8) is 0 Å². The predicted molar refractivity (Wildman–Crippen MR) is 66.8 cm³/mol. The lowest BCUT2D eigenvalue weighted by atomic mass is 10.1. The number of anilines is 1. The molecule has 0 bridgehead atoms. The molecule has 18 heavy (non-hydrogen) atoms. The summed E-state index contributed by atoms with van der Waals surface area (Å²) in [6.45, 7) is 4.23. The van der Waals surface area contributed by atoms with E-state index < -0.39 is 6.09 Å². The van der Waals surface area contributed by atoms with Crippen LogP contribution in [0.15, 0.2) is 24.4 Å². The number of amides is 1. The SMILES string of the molecule is Cc1cn(-c2ccc3c(c2)COC(=O)N3)c(C)n1. The fourth-order valence-electron chi connectivity index (χ4n) is 2.14.